The van der Waals surface area contributed by atoms with Crippen molar-refractivity contribution >= 4 is 11.9 Å². The molecular weight excluding hydrogens is 380 g/mol. The maximum Gasteiger partial charge on any atom is 0.312 e. The van der Waals surface area contributed by atoms with Crippen LogP contribution < -0.4 is 0 Å². The van der Waals surface area contributed by atoms with Crippen LogP contribution >= 0.6 is 0 Å². The highest BCUT2D eigenvalue weighted by atomic mass is 16.4. The molecule has 3 heterocycles. The van der Waals surface area contributed by atoms with Crippen LogP contribution in [0.4, 0.5) is 0 Å². The van der Waals surface area contributed by atoms with Gasteiger partial charge in [-0.2, -0.15) is 0 Å². The van der Waals surface area contributed by atoms with Crippen LogP contribution in [0.2, 0.25) is 0 Å². The van der Waals surface area contributed by atoms with Crippen molar-refractivity contribution in [2.45, 2.75) is 37.8 Å². The predicted molar refractivity (Wildman–Crippen MR) is 109 cm³/mol. The monoisotopic (exact) mass is 402 g/mol. The van der Waals surface area contributed by atoms with Crippen molar-refractivity contribution in [2.75, 3.05) is 0 Å². The van der Waals surface area contributed by atoms with Crippen LogP contribution in [0.1, 0.15) is 35.2 Å². The summed E-state index contributed by atoms with van der Waals surface area (Å²) in [6, 6.07) is 16.7. The number of rotatable bonds is 5. The van der Waals surface area contributed by atoms with E-state index in [1.807, 2.05) is 47.4 Å². The Bertz CT molecular complexity index is 1070. The molecule has 2 saturated heterocycles. The van der Waals surface area contributed by atoms with E-state index in [-0.39, 0.29) is 18.0 Å². The van der Waals surface area contributed by atoms with E-state index in [4.69, 9.17) is 0 Å². The third kappa shape index (κ3) is 2.89. The van der Waals surface area contributed by atoms with E-state index >= 15 is 0 Å². The van der Waals surface area contributed by atoms with E-state index in [2.05, 4.69) is 10.2 Å². The molecule has 1 amide bonds. The van der Waals surface area contributed by atoms with Crippen LogP contribution in [0.3, 0.4) is 0 Å². The molecule has 5 rings (SSSR count). The van der Waals surface area contributed by atoms with Crippen LogP contribution in [0.5, 0.6) is 0 Å². The second kappa shape index (κ2) is 7.09. The summed E-state index contributed by atoms with van der Waals surface area (Å²) >= 11 is 0. The first-order chi connectivity index (χ1) is 14.6. The number of aromatic nitrogens is 3. The molecule has 2 aliphatic heterocycles. The molecule has 2 fully saturated rings. The number of nitrogens with zero attached hydrogens (tertiary/aromatic N) is 4. The quantitative estimate of drug-likeness (QED) is 0.709. The molecule has 1 aromatic heterocycles. The first kappa shape index (κ1) is 18.5. The van der Waals surface area contributed by atoms with Gasteiger partial charge in [-0.1, -0.05) is 30.3 Å². The number of benzene rings is 2. The van der Waals surface area contributed by atoms with E-state index in [0.29, 0.717) is 18.4 Å². The zero-order valence-electron chi connectivity index (χ0n) is 16.4. The van der Waals surface area contributed by atoms with Crippen LogP contribution in [0.15, 0.2) is 67.3 Å². The Balaban J connectivity index is 1.42. The van der Waals surface area contributed by atoms with Gasteiger partial charge in [0.25, 0.3) is 5.91 Å². The highest BCUT2D eigenvalue weighted by molar-refractivity contribution is 5.96. The molecule has 3 aromatic rings. The van der Waals surface area contributed by atoms with E-state index in [0.717, 1.165) is 24.1 Å². The van der Waals surface area contributed by atoms with Gasteiger partial charge >= 0.3 is 5.97 Å². The fourth-order valence-corrected chi connectivity index (χ4v) is 5.20. The Morgan fingerprint density at radius 3 is 2.37 bits per heavy atom. The average molecular weight is 402 g/mol. The van der Waals surface area contributed by atoms with Crippen molar-refractivity contribution in [2.24, 2.45) is 5.41 Å². The average Bonchev–Trinajstić information content (AvgIpc) is 3.50. The largest absolute Gasteiger partial charge is 0.481 e. The lowest BCUT2D eigenvalue weighted by atomic mass is 9.70. The van der Waals surface area contributed by atoms with Crippen LogP contribution in [-0.2, 0) is 11.2 Å². The Kier molecular flexibility index (Phi) is 4.38. The molecule has 1 N–H and O–H groups in total. The van der Waals surface area contributed by atoms with Gasteiger partial charge in [-0.25, -0.2) is 0 Å². The predicted octanol–water partition coefficient (Wildman–Crippen LogP) is 2.96. The molecule has 0 saturated carbocycles. The first-order valence-corrected chi connectivity index (χ1v) is 10.1. The molecule has 0 spiro atoms. The highest BCUT2D eigenvalue weighted by Crippen LogP contribution is 2.52. The third-order valence-electron chi connectivity index (χ3n) is 6.59. The molecule has 0 radical (unpaired) electrons. The Morgan fingerprint density at radius 1 is 1.00 bits per heavy atom. The van der Waals surface area contributed by atoms with Crippen LogP contribution in [-0.4, -0.2) is 48.7 Å². The van der Waals surface area contributed by atoms with Gasteiger partial charge in [-0.3, -0.25) is 14.2 Å². The SMILES string of the molecule is O=C(c1ccc(-n2cnnc2)cc1)N1[C@H]2CC[C@@H]1[C@](Cc1ccccc1)(C(=O)O)C2. The maximum atomic E-state index is 13.4. The molecule has 3 atom stereocenters. The zero-order valence-corrected chi connectivity index (χ0v) is 16.4. The normalized spacial score (nSPS) is 24.9. The number of amides is 1. The summed E-state index contributed by atoms with van der Waals surface area (Å²) in [6.45, 7) is 0. The fourth-order valence-electron chi connectivity index (χ4n) is 5.20. The van der Waals surface area contributed by atoms with Crippen molar-refractivity contribution in [3.8, 4) is 5.69 Å². The molecule has 2 aliphatic rings. The molecule has 0 aliphatic carbocycles. The molecule has 2 bridgehead atoms. The lowest BCUT2D eigenvalue weighted by Crippen LogP contribution is -2.46. The summed E-state index contributed by atoms with van der Waals surface area (Å²) in [5, 5.41) is 17.8. The number of carboxylic acids is 1. The number of carbonyl (C=O) groups excluding carboxylic acids is 1. The van der Waals surface area contributed by atoms with Crippen LogP contribution in [0, 0.1) is 5.41 Å². The summed E-state index contributed by atoms with van der Waals surface area (Å²) in [6.07, 6.45) is 5.74. The number of hydrogen-bond acceptors (Lipinski definition) is 4. The molecule has 0 unspecified atom stereocenters. The highest BCUT2D eigenvalue weighted by Gasteiger charge is 2.61. The number of carboxylic acid groups (broad SMARTS) is 1. The second-order valence-corrected chi connectivity index (χ2v) is 8.20. The molecule has 7 heteroatoms. The van der Waals surface area contributed by atoms with Gasteiger partial charge in [0, 0.05) is 23.3 Å². The first-order valence-electron chi connectivity index (χ1n) is 10.1. The van der Waals surface area contributed by atoms with E-state index in [1.165, 1.54) is 0 Å². The fraction of sp³-hybridized carbons (Fsp3) is 0.304. The van der Waals surface area contributed by atoms with Crippen molar-refractivity contribution in [1.82, 2.24) is 19.7 Å². The Labute approximate surface area is 174 Å². The Morgan fingerprint density at radius 2 is 1.70 bits per heavy atom. The van der Waals surface area contributed by atoms with E-state index in [1.54, 1.807) is 29.4 Å². The molecule has 152 valence electrons. The third-order valence-corrected chi connectivity index (χ3v) is 6.59. The summed E-state index contributed by atoms with van der Waals surface area (Å²) in [7, 11) is 0. The minimum Gasteiger partial charge on any atom is -0.481 e. The minimum absolute atomic E-state index is 0.0279. The second-order valence-electron chi connectivity index (χ2n) is 8.20. The summed E-state index contributed by atoms with van der Waals surface area (Å²) < 4.78 is 1.77. The zero-order chi connectivity index (χ0) is 20.7. The summed E-state index contributed by atoms with van der Waals surface area (Å²) in [4.78, 5) is 27.7. The van der Waals surface area contributed by atoms with Crippen molar-refractivity contribution < 1.29 is 14.7 Å². The topological polar surface area (TPSA) is 88.3 Å². The minimum atomic E-state index is -0.928. The van der Waals surface area contributed by atoms with Gasteiger partial charge in [-0.15, -0.1) is 10.2 Å². The van der Waals surface area contributed by atoms with Crippen molar-refractivity contribution in [3.05, 3.63) is 78.4 Å². The van der Waals surface area contributed by atoms with Gasteiger partial charge < -0.3 is 10.0 Å². The lowest BCUT2D eigenvalue weighted by Gasteiger charge is -2.33. The van der Waals surface area contributed by atoms with Gasteiger partial charge in [0.1, 0.15) is 12.7 Å². The summed E-state index contributed by atoms with van der Waals surface area (Å²) in [5.74, 6) is -0.895. The van der Waals surface area contributed by atoms with Crippen molar-refractivity contribution in [1.29, 1.82) is 0 Å². The number of fused-ring (bicyclic) bond motifs is 2. The molecular formula is C23H22N4O3. The van der Waals surface area contributed by atoms with Gasteiger partial charge in [0.05, 0.1) is 5.41 Å². The maximum absolute atomic E-state index is 13.4. The van der Waals surface area contributed by atoms with Crippen molar-refractivity contribution in [3.63, 3.8) is 0 Å². The lowest BCUT2D eigenvalue weighted by molar-refractivity contribution is -0.150. The van der Waals surface area contributed by atoms with Gasteiger partial charge in [0.15, 0.2) is 0 Å². The van der Waals surface area contributed by atoms with Gasteiger partial charge in [-0.05, 0) is 55.5 Å². The number of hydrogen-bond donors (Lipinski definition) is 1. The van der Waals surface area contributed by atoms with Crippen LogP contribution in [0.25, 0.3) is 5.69 Å². The smallest absolute Gasteiger partial charge is 0.312 e. The number of carbonyl (C=O) groups is 2. The standard InChI is InChI=1S/C23H22N4O3/c28-21(17-6-8-18(9-7-17)26-14-24-25-15-26)27-19-10-11-20(27)23(13-19,22(29)30)12-16-4-2-1-3-5-16/h1-9,14-15,19-20H,10-13H2,(H,29,30)/t19-,20+,23+/m0/s1. The molecule has 2 aromatic carbocycles. The van der Waals surface area contributed by atoms with E-state index in [9.17, 15) is 14.7 Å². The van der Waals surface area contributed by atoms with Gasteiger partial charge in [0.2, 0.25) is 0 Å². The number of aliphatic carboxylic acids is 1. The molecule has 30 heavy (non-hydrogen) atoms. The molecule has 7 nitrogen and oxygen atoms in total. The summed E-state index contributed by atoms with van der Waals surface area (Å²) in [5.41, 5.74) is 1.51. The van der Waals surface area contributed by atoms with E-state index < -0.39 is 11.4 Å². The Hall–Kier alpha value is -3.48.